The molecule has 0 unspecified atom stereocenters. The van der Waals surface area contributed by atoms with E-state index >= 15 is 0 Å². The van der Waals surface area contributed by atoms with Gasteiger partial charge in [-0.2, -0.15) is 0 Å². The SMILES string of the molecule is CCOC(=O)N1CCc2c(sc(NC(=O)c3cccc([N+](=O)[O-])c3C)c2C(=O)OC)C1. The van der Waals surface area contributed by atoms with Crippen molar-refractivity contribution in [1.82, 2.24) is 4.90 Å². The van der Waals surface area contributed by atoms with Crippen molar-refractivity contribution in [3.05, 3.63) is 55.4 Å². The topological polar surface area (TPSA) is 128 Å². The monoisotopic (exact) mass is 447 g/mol. The third-order valence-electron chi connectivity index (χ3n) is 4.95. The molecule has 164 valence electrons. The molecule has 0 spiro atoms. The molecule has 0 saturated carbocycles. The summed E-state index contributed by atoms with van der Waals surface area (Å²) in [5.41, 5.74) is 1.13. The van der Waals surface area contributed by atoms with Gasteiger partial charge in [0.2, 0.25) is 0 Å². The average molecular weight is 447 g/mol. The van der Waals surface area contributed by atoms with E-state index in [4.69, 9.17) is 9.47 Å². The van der Waals surface area contributed by atoms with Gasteiger partial charge in [-0.3, -0.25) is 14.9 Å². The predicted molar refractivity (Wildman–Crippen MR) is 113 cm³/mol. The number of anilines is 1. The van der Waals surface area contributed by atoms with E-state index in [0.29, 0.717) is 18.5 Å². The van der Waals surface area contributed by atoms with Crippen LogP contribution in [0.25, 0.3) is 0 Å². The maximum Gasteiger partial charge on any atom is 0.410 e. The van der Waals surface area contributed by atoms with Gasteiger partial charge in [-0.1, -0.05) is 6.07 Å². The van der Waals surface area contributed by atoms with Gasteiger partial charge >= 0.3 is 12.1 Å². The maximum atomic E-state index is 12.9. The molecule has 0 radical (unpaired) electrons. The fraction of sp³-hybridized carbons (Fsp3) is 0.350. The number of esters is 1. The van der Waals surface area contributed by atoms with Crippen LogP contribution >= 0.6 is 11.3 Å². The van der Waals surface area contributed by atoms with Gasteiger partial charge in [0.25, 0.3) is 11.6 Å². The maximum absolute atomic E-state index is 12.9. The van der Waals surface area contributed by atoms with E-state index in [1.54, 1.807) is 6.92 Å². The normalized spacial score (nSPS) is 12.7. The molecule has 2 heterocycles. The fourth-order valence-electron chi connectivity index (χ4n) is 3.42. The highest BCUT2D eigenvalue weighted by Crippen LogP contribution is 2.38. The zero-order valence-corrected chi connectivity index (χ0v) is 18.0. The van der Waals surface area contributed by atoms with Crippen molar-refractivity contribution in [2.24, 2.45) is 0 Å². The molecule has 0 fully saturated rings. The standard InChI is InChI=1S/C20H21N3O7S/c1-4-30-20(26)22-9-8-13-15(10-22)31-18(16(13)19(25)29-3)21-17(24)12-6-5-7-14(11(12)2)23(27)28/h5-7H,4,8-10H2,1-3H3,(H,21,24). The highest BCUT2D eigenvalue weighted by Gasteiger charge is 2.31. The predicted octanol–water partition coefficient (Wildman–Crippen LogP) is 3.52. The molecule has 0 aliphatic carbocycles. The van der Waals surface area contributed by atoms with Gasteiger partial charge in [0, 0.05) is 28.6 Å². The van der Waals surface area contributed by atoms with Crippen molar-refractivity contribution in [3.63, 3.8) is 0 Å². The van der Waals surface area contributed by atoms with Gasteiger partial charge in [0.1, 0.15) is 5.00 Å². The highest BCUT2D eigenvalue weighted by molar-refractivity contribution is 7.17. The van der Waals surface area contributed by atoms with Crippen LogP contribution in [0.4, 0.5) is 15.5 Å². The smallest absolute Gasteiger partial charge is 0.410 e. The number of nitro groups is 1. The first-order valence-electron chi connectivity index (χ1n) is 9.48. The summed E-state index contributed by atoms with van der Waals surface area (Å²) in [7, 11) is 1.25. The summed E-state index contributed by atoms with van der Waals surface area (Å²) in [6.45, 7) is 4.07. The van der Waals surface area contributed by atoms with E-state index in [0.717, 1.165) is 4.88 Å². The molecule has 1 aliphatic heterocycles. The van der Waals surface area contributed by atoms with Gasteiger partial charge in [-0.25, -0.2) is 9.59 Å². The Morgan fingerprint density at radius 2 is 2.06 bits per heavy atom. The van der Waals surface area contributed by atoms with Gasteiger partial charge in [-0.05, 0) is 31.9 Å². The second kappa shape index (κ2) is 9.13. The first kappa shape index (κ1) is 22.2. The molecule has 0 bridgehead atoms. The molecular weight excluding hydrogens is 426 g/mol. The lowest BCUT2D eigenvalue weighted by molar-refractivity contribution is -0.385. The van der Waals surface area contributed by atoms with E-state index in [-0.39, 0.29) is 40.5 Å². The Kier molecular flexibility index (Phi) is 6.54. The average Bonchev–Trinajstić information content (AvgIpc) is 3.10. The third kappa shape index (κ3) is 4.36. The van der Waals surface area contributed by atoms with Gasteiger partial charge in [0.05, 0.1) is 30.7 Å². The largest absolute Gasteiger partial charge is 0.465 e. The lowest BCUT2D eigenvalue weighted by atomic mass is 10.0. The zero-order chi connectivity index (χ0) is 22.7. The number of amides is 2. The fourth-order valence-corrected chi connectivity index (χ4v) is 4.66. The van der Waals surface area contributed by atoms with Crippen LogP contribution in [0.2, 0.25) is 0 Å². The third-order valence-corrected chi connectivity index (χ3v) is 6.08. The number of ether oxygens (including phenoxy) is 2. The minimum Gasteiger partial charge on any atom is -0.465 e. The Morgan fingerprint density at radius 3 is 2.71 bits per heavy atom. The lowest BCUT2D eigenvalue weighted by Gasteiger charge is -2.26. The van der Waals surface area contributed by atoms with Gasteiger partial charge in [0.15, 0.2) is 0 Å². The van der Waals surface area contributed by atoms with E-state index < -0.39 is 22.9 Å². The molecule has 1 aromatic carbocycles. The summed E-state index contributed by atoms with van der Waals surface area (Å²) in [6.07, 6.45) is -0.0418. The number of fused-ring (bicyclic) bond motifs is 1. The Morgan fingerprint density at radius 1 is 1.32 bits per heavy atom. The summed E-state index contributed by atoms with van der Waals surface area (Å²) in [6, 6.07) is 4.23. The first-order valence-corrected chi connectivity index (χ1v) is 10.3. The van der Waals surface area contributed by atoms with E-state index in [2.05, 4.69) is 5.32 Å². The number of nitrogens with zero attached hydrogens (tertiary/aromatic N) is 2. The summed E-state index contributed by atoms with van der Waals surface area (Å²) >= 11 is 1.17. The Bertz CT molecular complexity index is 1060. The molecule has 1 aliphatic rings. The van der Waals surface area contributed by atoms with Gasteiger partial charge in [-0.15, -0.1) is 11.3 Å². The van der Waals surface area contributed by atoms with E-state index in [9.17, 15) is 24.5 Å². The number of hydrogen-bond acceptors (Lipinski definition) is 8. The minimum absolute atomic E-state index is 0.129. The van der Waals surface area contributed by atoms with Crippen LogP contribution in [-0.4, -0.2) is 48.1 Å². The summed E-state index contributed by atoms with van der Waals surface area (Å²) < 4.78 is 9.94. The minimum atomic E-state index is -0.604. The van der Waals surface area contributed by atoms with Crippen LogP contribution in [-0.2, 0) is 22.4 Å². The van der Waals surface area contributed by atoms with Crippen molar-refractivity contribution in [3.8, 4) is 0 Å². The Labute approximate surface area is 181 Å². The number of hydrogen-bond donors (Lipinski definition) is 1. The zero-order valence-electron chi connectivity index (χ0n) is 17.2. The molecule has 2 amide bonds. The molecule has 3 rings (SSSR count). The second-order valence-corrected chi connectivity index (χ2v) is 7.84. The number of thiophene rings is 1. The quantitative estimate of drug-likeness (QED) is 0.422. The number of methoxy groups -OCH3 is 1. The molecule has 10 nitrogen and oxygen atoms in total. The summed E-state index contributed by atoms with van der Waals surface area (Å²) in [5.74, 6) is -1.18. The molecule has 31 heavy (non-hydrogen) atoms. The number of carbonyl (C=O) groups excluding carboxylic acids is 3. The number of benzene rings is 1. The summed E-state index contributed by atoms with van der Waals surface area (Å²) in [5, 5.41) is 14.1. The van der Waals surface area contributed by atoms with Gasteiger partial charge < -0.3 is 19.7 Å². The Balaban J connectivity index is 1.94. The van der Waals surface area contributed by atoms with Crippen LogP contribution in [0.5, 0.6) is 0 Å². The van der Waals surface area contributed by atoms with Crippen LogP contribution < -0.4 is 5.32 Å². The molecule has 2 aromatic rings. The molecule has 11 heteroatoms. The molecule has 0 atom stereocenters. The van der Waals surface area contributed by atoms with Crippen LogP contribution in [0.15, 0.2) is 18.2 Å². The van der Waals surface area contributed by atoms with Crippen LogP contribution in [0.3, 0.4) is 0 Å². The highest BCUT2D eigenvalue weighted by atomic mass is 32.1. The Hall–Kier alpha value is -3.47. The number of nitro benzene ring substituents is 1. The lowest BCUT2D eigenvalue weighted by Crippen LogP contribution is -2.36. The van der Waals surface area contributed by atoms with Crippen molar-refractivity contribution in [2.75, 3.05) is 25.6 Å². The molecule has 0 saturated heterocycles. The number of rotatable bonds is 5. The second-order valence-electron chi connectivity index (χ2n) is 6.73. The van der Waals surface area contributed by atoms with E-state index in [1.807, 2.05) is 0 Å². The van der Waals surface area contributed by atoms with E-state index in [1.165, 1.54) is 48.5 Å². The molecular formula is C20H21N3O7S. The van der Waals surface area contributed by atoms with Crippen molar-refractivity contribution >= 4 is 40.0 Å². The van der Waals surface area contributed by atoms with Crippen molar-refractivity contribution < 1.29 is 28.8 Å². The summed E-state index contributed by atoms with van der Waals surface area (Å²) in [4.78, 5) is 50.3. The first-order chi connectivity index (χ1) is 14.8. The molecule has 1 aromatic heterocycles. The van der Waals surface area contributed by atoms with Crippen LogP contribution in [0, 0.1) is 17.0 Å². The van der Waals surface area contributed by atoms with Crippen LogP contribution in [0.1, 0.15) is 43.6 Å². The molecule has 1 N–H and O–H groups in total. The van der Waals surface area contributed by atoms with Crippen molar-refractivity contribution in [1.29, 1.82) is 0 Å². The van der Waals surface area contributed by atoms with Crippen molar-refractivity contribution in [2.45, 2.75) is 26.8 Å². The number of carbonyl (C=O) groups is 3. The number of nitrogens with one attached hydrogen (secondary N) is 1.